The average molecular weight is 416 g/mol. The van der Waals surface area contributed by atoms with E-state index in [-0.39, 0.29) is 18.1 Å². The number of ether oxygens (including phenoxy) is 2. The molecule has 2 fully saturated rings. The number of rotatable bonds is 6. The average Bonchev–Trinajstić information content (AvgIpc) is 3.44. The molecule has 4 rings (SSSR count). The predicted molar refractivity (Wildman–Crippen MR) is 112 cm³/mol. The number of piperidine rings is 1. The second-order valence-electron chi connectivity index (χ2n) is 7.28. The van der Waals surface area contributed by atoms with Crippen LogP contribution >= 0.6 is 11.3 Å². The monoisotopic (exact) mass is 415 g/mol. The van der Waals surface area contributed by atoms with Gasteiger partial charge in [-0.2, -0.15) is 0 Å². The minimum absolute atomic E-state index is 0.0350. The molecule has 2 aliphatic heterocycles. The Kier molecular flexibility index (Phi) is 6.56. The summed E-state index contributed by atoms with van der Waals surface area (Å²) in [4.78, 5) is 27.3. The number of thiophene rings is 1. The highest BCUT2D eigenvalue weighted by Crippen LogP contribution is 2.25. The van der Waals surface area contributed by atoms with Crippen molar-refractivity contribution in [3.05, 3.63) is 46.7 Å². The van der Waals surface area contributed by atoms with Gasteiger partial charge in [0.15, 0.2) is 6.29 Å². The van der Waals surface area contributed by atoms with Gasteiger partial charge in [0.05, 0.1) is 24.6 Å². The molecule has 8 heteroatoms. The van der Waals surface area contributed by atoms with Gasteiger partial charge in [0.2, 0.25) is 5.91 Å². The first-order chi connectivity index (χ1) is 14.2. The Morgan fingerprint density at radius 3 is 2.28 bits per heavy atom. The fourth-order valence-electron chi connectivity index (χ4n) is 3.67. The number of likely N-dealkylation sites (tertiary alicyclic amines) is 1. The Hall–Kier alpha value is -2.26. The van der Waals surface area contributed by atoms with Crippen molar-refractivity contribution in [2.45, 2.75) is 19.1 Å². The van der Waals surface area contributed by atoms with Gasteiger partial charge in [0, 0.05) is 17.3 Å². The van der Waals surface area contributed by atoms with Crippen molar-refractivity contribution < 1.29 is 19.1 Å². The van der Waals surface area contributed by atoms with Crippen molar-refractivity contribution in [1.29, 1.82) is 0 Å². The largest absolute Gasteiger partial charge is 0.350 e. The predicted octanol–water partition coefficient (Wildman–Crippen LogP) is 3.02. The van der Waals surface area contributed by atoms with Crippen molar-refractivity contribution in [1.82, 2.24) is 4.90 Å². The lowest BCUT2D eigenvalue weighted by atomic mass is 9.96. The van der Waals surface area contributed by atoms with Gasteiger partial charge in [-0.25, -0.2) is 0 Å². The van der Waals surface area contributed by atoms with Crippen LogP contribution in [0.1, 0.15) is 22.5 Å². The van der Waals surface area contributed by atoms with Crippen LogP contribution in [0, 0.1) is 5.92 Å². The molecule has 1 aromatic carbocycles. The zero-order valence-electron chi connectivity index (χ0n) is 16.1. The zero-order chi connectivity index (χ0) is 20.1. The molecule has 0 radical (unpaired) electrons. The van der Waals surface area contributed by atoms with Gasteiger partial charge < -0.3 is 20.1 Å². The van der Waals surface area contributed by atoms with Crippen LogP contribution in [0.4, 0.5) is 11.4 Å². The Balaban J connectivity index is 1.21. The zero-order valence-corrected chi connectivity index (χ0v) is 17.0. The summed E-state index contributed by atoms with van der Waals surface area (Å²) in [5, 5.41) is 7.64. The molecule has 2 aliphatic rings. The third kappa shape index (κ3) is 5.42. The molecule has 0 atom stereocenters. The summed E-state index contributed by atoms with van der Waals surface area (Å²) in [7, 11) is 0. The molecule has 2 aromatic rings. The summed E-state index contributed by atoms with van der Waals surface area (Å²) < 4.78 is 11.2. The summed E-state index contributed by atoms with van der Waals surface area (Å²) in [5.74, 6) is 0.259. The molecule has 0 saturated carbocycles. The van der Waals surface area contributed by atoms with Gasteiger partial charge in [0.1, 0.15) is 0 Å². The second-order valence-corrected chi connectivity index (χ2v) is 8.23. The van der Waals surface area contributed by atoms with Crippen molar-refractivity contribution in [3.8, 4) is 0 Å². The van der Waals surface area contributed by atoms with Crippen molar-refractivity contribution in [2.24, 2.45) is 5.92 Å². The number of benzene rings is 1. The summed E-state index contributed by atoms with van der Waals surface area (Å²) in [6.07, 6.45) is 1.90. The molecule has 3 heterocycles. The van der Waals surface area contributed by atoms with E-state index in [1.165, 1.54) is 11.3 Å². The second kappa shape index (κ2) is 9.49. The van der Waals surface area contributed by atoms with Crippen LogP contribution < -0.4 is 10.6 Å². The maximum absolute atomic E-state index is 12.4. The lowest BCUT2D eigenvalue weighted by Gasteiger charge is -2.33. The number of carbonyl (C=O) groups excluding carboxylic acids is 2. The number of carbonyl (C=O) groups is 2. The third-order valence-corrected chi connectivity index (χ3v) is 6.07. The Labute approximate surface area is 174 Å². The molecular formula is C21H25N3O4S. The Bertz CT molecular complexity index is 811. The van der Waals surface area contributed by atoms with Crippen LogP contribution in [-0.2, 0) is 14.3 Å². The van der Waals surface area contributed by atoms with Gasteiger partial charge in [0.25, 0.3) is 5.91 Å². The van der Waals surface area contributed by atoms with E-state index in [1.54, 1.807) is 30.3 Å². The van der Waals surface area contributed by atoms with Gasteiger partial charge in [-0.05, 0) is 61.6 Å². The number of anilines is 2. The van der Waals surface area contributed by atoms with E-state index in [4.69, 9.17) is 9.47 Å². The summed E-state index contributed by atoms with van der Waals surface area (Å²) in [6, 6.07) is 10.8. The molecule has 2 amide bonds. The topological polar surface area (TPSA) is 79.9 Å². The maximum Gasteiger partial charge on any atom is 0.265 e. The molecule has 2 N–H and O–H groups in total. The quantitative estimate of drug-likeness (QED) is 0.758. The number of hydrogen-bond acceptors (Lipinski definition) is 6. The molecule has 29 heavy (non-hydrogen) atoms. The first kappa shape index (κ1) is 20.0. The van der Waals surface area contributed by atoms with Crippen molar-refractivity contribution in [3.63, 3.8) is 0 Å². The first-order valence-corrected chi connectivity index (χ1v) is 10.8. The van der Waals surface area contributed by atoms with E-state index in [0.29, 0.717) is 41.9 Å². The first-order valence-electron chi connectivity index (χ1n) is 9.88. The summed E-state index contributed by atoms with van der Waals surface area (Å²) in [5.41, 5.74) is 1.41. The highest BCUT2D eigenvalue weighted by atomic mass is 32.1. The van der Waals surface area contributed by atoms with E-state index in [0.717, 1.165) is 25.9 Å². The standard InChI is InChI=1S/C21H25N3O4S/c25-19(14-24-9-7-15(8-10-24)21-27-11-12-28-21)22-16-3-5-17(6-4-16)23-20(26)18-2-1-13-29-18/h1-6,13,15,21H,7-12,14H2,(H,22,25)(H,23,26). The fraction of sp³-hybridized carbons (Fsp3) is 0.429. The minimum atomic E-state index is -0.131. The minimum Gasteiger partial charge on any atom is -0.350 e. The van der Waals surface area contributed by atoms with Crippen LogP contribution in [0.2, 0.25) is 0 Å². The Morgan fingerprint density at radius 2 is 1.66 bits per heavy atom. The van der Waals surface area contributed by atoms with E-state index in [2.05, 4.69) is 15.5 Å². The van der Waals surface area contributed by atoms with E-state index >= 15 is 0 Å². The van der Waals surface area contributed by atoms with E-state index in [1.807, 2.05) is 11.4 Å². The lowest BCUT2D eigenvalue weighted by Crippen LogP contribution is -2.41. The summed E-state index contributed by atoms with van der Waals surface area (Å²) >= 11 is 1.40. The third-order valence-electron chi connectivity index (χ3n) is 5.20. The molecule has 1 aromatic heterocycles. The lowest BCUT2D eigenvalue weighted by molar-refractivity contribution is -0.119. The number of nitrogens with one attached hydrogen (secondary N) is 2. The van der Waals surface area contributed by atoms with Gasteiger partial charge >= 0.3 is 0 Å². The smallest absolute Gasteiger partial charge is 0.265 e. The number of nitrogens with zero attached hydrogens (tertiary/aromatic N) is 1. The number of hydrogen-bond donors (Lipinski definition) is 2. The molecule has 0 bridgehead atoms. The highest BCUT2D eigenvalue weighted by Gasteiger charge is 2.30. The van der Waals surface area contributed by atoms with Crippen LogP contribution in [0.3, 0.4) is 0 Å². The SMILES string of the molecule is O=C(CN1CCC(C2OCCO2)CC1)Nc1ccc(NC(=O)c2cccs2)cc1. The van der Waals surface area contributed by atoms with Crippen LogP contribution in [0.15, 0.2) is 41.8 Å². The van der Waals surface area contributed by atoms with Crippen LogP contribution in [0.5, 0.6) is 0 Å². The molecule has 154 valence electrons. The molecule has 2 saturated heterocycles. The molecular weight excluding hydrogens is 390 g/mol. The van der Waals surface area contributed by atoms with Gasteiger partial charge in [-0.15, -0.1) is 11.3 Å². The van der Waals surface area contributed by atoms with Crippen molar-refractivity contribution >= 4 is 34.5 Å². The Morgan fingerprint density at radius 1 is 1.00 bits per heavy atom. The maximum atomic E-state index is 12.4. The van der Waals surface area contributed by atoms with Crippen molar-refractivity contribution in [2.75, 3.05) is 43.5 Å². The van der Waals surface area contributed by atoms with E-state index < -0.39 is 0 Å². The molecule has 0 aliphatic carbocycles. The van der Waals surface area contributed by atoms with Crippen LogP contribution in [0.25, 0.3) is 0 Å². The molecule has 0 unspecified atom stereocenters. The highest BCUT2D eigenvalue weighted by molar-refractivity contribution is 7.12. The molecule has 7 nitrogen and oxygen atoms in total. The summed E-state index contributed by atoms with van der Waals surface area (Å²) in [6.45, 7) is 3.48. The van der Waals surface area contributed by atoms with Gasteiger partial charge in [-0.3, -0.25) is 14.5 Å². The number of amides is 2. The molecule has 0 spiro atoms. The normalized spacial score (nSPS) is 18.6. The van der Waals surface area contributed by atoms with Crippen LogP contribution in [-0.4, -0.2) is 55.9 Å². The fourth-order valence-corrected chi connectivity index (χ4v) is 4.29. The van der Waals surface area contributed by atoms with Gasteiger partial charge in [-0.1, -0.05) is 6.07 Å². The van der Waals surface area contributed by atoms with E-state index in [9.17, 15) is 9.59 Å².